The predicted octanol–water partition coefficient (Wildman–Crippen LogP) is 3.66. The summed E-state index contributed by atoms with van der Waals surface area (Å²) in [7, 11) is 0. The second kappa shape index (κ2) is 11.3. The molecule has 1 aromatic rings. The first-order valence-electron chi connectivity index (χ1n) is 15.4. The van der Waals surface area contributed by atoms with Crippen LogP contribution in [0.3, 0.4) is 0 Å². The van der Waals surface area contributed by atoms with Gasteiger partial charge in [-0.05, 0) is 70.2 Å². The number of anilines is 1. The smallest absolute Gasteiger partial charge is 0.246 e. The third kappa shape index (κ3) is 5.09. The summed E-state index contributed by atoms with van der Waals surface area (Å²) in [6.07, 6.45) is 11.9. The molecule has 40 heavy (non-hydrogen) atoms. The lowest BCUT2D eigenvalue weighted by Crippen LogP contribution is -2.56. The van der Waals surface area contributed by atoms with Crippen LogP contribution in [0.5, 0.6) is 0 Å². The van der Waals surface area contributed by atoms with Gasteiger partial charge in [0.25, 0.3) is 0 Å². The molecule has 0 aromatic heterocycles. The lowest BCUT2D eigenvalue weighted by Gasteiger charge is -2.35. The van der Waals surface area contributed by atoms with E-state index in [0.29, 0.717) is 18.2 Å². The van der Waals surface area contributed by atoms with Crippen molar-refractivity contribution in [3.05, 3.63) is 42.0 Å². The molecular formula is C32H44N4O4. The number of aryl methyl sites for hydroxylation is 1. The van der Waals surface area contributed by atoms with Crippen molar-refractivity contribution in [2.45, 2.75) is 89.0 Å². The van der Waals surface area contributed by atoms with Crippen molar-refractivity contribution in [2.24, 2.45) is 17.8 Å². The average molecular weight is 549 g/mol. The zero-order valence-electron chi connectivity index (χ0n) is 23.9. The summed E-state index contributed by atoms with van der Waals surface area (Å²) < 4.78 is 6.50. The molecule has 4 heterocycles. The quantitative estimate of drug-likeness (QED) is 0.484. The summed E-state index contributed by atoms with van der Waals surface area (Å²) in [4.78, 5) is 46.0. The maximum atomic E-state index is 14.2. The molecular weight excluding hydrogens is 504 g/mol. The summed E-state index contributed by atoms with van der Waals surface area (Å²) >= 11 is 0. The van der Waals surface area contributed by atoms with Crippen molar-refractivity contribution >= 4 is 23.4 Å². The van der Waals surface area contributed by atoms with E-state index in [1.807, 2.05) is 43.3 Å². The number of benzene rings is 1. The number of piperidine rings is 1. The van der Waals surface area contributed by atoms with E-state index in [1.54, 1.807) is 4.90 Å². The standard InChI is InChI=1S/C32H44N4O4/c1-21-11-13-24(14-12-21)33-29(37)26-25-15-16-32(40-25)27(26)31(39)36(19-7-18-35-17-6-8-22(2)20-35)28(32)30(38)34-23-9-4-3-5-10-23/h11-16,22-23,25-28H,3-10,17-20H2,1-2H3,(H,33,37)(H,34,38)/t22-,25-,26+,27-,28-,32-/m0/s1. The van der Waals surface area contributed by atoms with Gasteiger partial charge in [-0.1, -0.05) is 56.0 Å². The molecule has 4 fully saturated rings. The predicted molar refractivity (Wildman–Crippen MR) is 154 cm³/mol. The molecule has 4 aliphatic heterocycles. The number of ether oxygens (including phenoxy) is 1. The third-order valence-corrected chi connectivity index (χ3v) is 9.81. The fourth-order valence-corrected chi connectivity index (χ4v) is 7.85. The molecule has 3 saturated heterocycles. The summed E-state index contributed by atoms with van der Waals surface area (Å²) in [5.41, 5.74) is 0.701. The Morgan fingerprint density at radius 3 is 2.55 bits per heavy atom. The molecule has 1 saturated carbocycles. The molecule has 0 radical (unpaired) electrons. The second-order valence-electron chi connectivity index (χ2n) is 12.8. The molecule has 6 rings (SSSR count). The molecule has 6 atom stereocenters. The molecule has 3 amide bonds. The number of likely N-dealkylation sites (tertiary alicyclic amines) is 2. The van der Waals surface area contributed by atoms with Gasteiger partial charge in [0, 0.05) is 24.8 Å². The number of rotatable bonds is 8. The first-order chi connectivity index (χ1) is 19.4. The minimum atomic E-state index is -1.10. The van der Waals surface area contributed by atoms with E-state index < -0.39 is 29.6 Å². The van der Waals surface area contributed by atoms with Crippen LogP contribution in [0, 0.1) is 24.7 Å². The molecule has 1 aliphatic carbocycles. The zero-order valence-corrected chi connectivity index (χ0v) is 23.9. The van der Waals surface area contributed by atoms with Crippen LogP contribution in [0.15, 0.2) is 36.4 Å². The Morgan fingerprint density at radius 1 is 1.02 bits per heavy atom. The van der Waals surface area contributed by atoms with Crippen LogP contribution >= 0.6 is 0 Å². The van der Waals surface area contributed by atoms with Crippen molar-refractivity contribution < 1.29 is 19.1 Å². The summed E-state index contributed by atoms with van der Waals surface area (Å²) in [5, 5.41) is 6.29. The third-order valence-electron chi connectivity index (χ3n) is 9.81. The van der Waals surface area contributed by atoms with Crippen molar-refractivity contribution in [3.63, 3.8) is 0 Å². The normalized spacial score (nSPS) is 33.8. The van der Waals surface area contributed by atoms with Crippen LogP contribution in [-0.2, 0) is 19.1 Å². The number of nitrogens with one attached hydrogen (secondary N) is 2. The van der Waals surface area contributed by atoms with Gasteiger partial charge in [-0.2, -0.15) is 0 Å². The molecule has 2 N–H and O–H groups in total. The Bertz CT molecular complexity index is 1150. The van der Waals surface area contributed by atoms with Crippen LogP contribution in [-0.4, -0.2) is 77.5 Å². The number of nitrogens with zero attached hydrogens (tertiary/aromatic N) is 2. The Balaban J connectivity index is 1.23. The molecule has 0 unspecified atom stereocenters. The minimum Gasteiger partial charge on any atom is -0.359 e. The summed E-state index contributed by atoms with van der Waals surface area (Å²) in [5.74, 6) is -1.18. The van der Waals surface area contributed by atoms with Crippen LogP contribution in [0.25, 0.3) is 0 Å². The number of fused-ring (bicyclic) bond motifs is 1. The highest BCUT2D eigenvalue weighted by Crippen LogP contribution is 2.55. The van der Waals surface area contributed by atoms with Gasteiger partial charge in [-0.15, -0.1) is 0 Å². The number of hydrogen-bond donors (Lipinski definition) is 2. The lowest BCUT2D eigenvalue weighted by atomic mass is 9.74. The van der Waals surface area contributed by atoms with Gasteiger partial charge < -0.3 is 25.2 Å². The first-order valence-corrected chi connectivity index (χ1v) is 15.4. The number of hydrogen-bond acceptors (Lipinski definition) is 5. The number of amides is 3. The van der Waals surface area contributed by atoms with Crippen LogP contribution in [0.2, 0.25) is 0 Å². The van der Waals surface area contributed by atoms with E-state index in [1.165, 1.54) is 19.3 Å². The molecule has 1 aromatic carbocycles. The molecule has 8 heteroatoms. The second-order valence-corrected chi connectivity index (χ2v) is 12.8. The first kappa shape index (κ1) is 27.5. The highest BCUT2D eigenvalue weighted by molar-refractivity contribution is 6.02. The number of carbonyl (C=O) groups is 3. The van der Waals surface area contributed by atoms with Crippen LogP contribution in [0.1, 0.15) is 63.9 Å². The van der Waals surface area contributed by atoms with Gasteiger partial charge in [0.1, 0.15) is 11.6 Å². The topological polar surface area (TPSA) is 91.0 Å². The van der Waals surface area contributed by atoms with Crippen molar-refractivity contribution in [2.75, 3.05) is 31.5 Å². The fraction of sp³-hybridized carbons (Fsp3) is 0.656. The molecule has 5 aliphatic rings. The monoisotopic (exact) mass is 548 g/mol. The zero-order chi connectivity index (χ0) is 27.9. The van der Waals surface area contributed by atoms with E-state index in [4.69, 9.17) is 4.74 Å². The van der Waals surface area contributed by atoms with Crippen molar-refractivity contribution in [1.29, 1.82) is 0 Å². The van der Waals surface area contributed by atoms with Gasteiger partial charge in [0.2, 0.25) is 17.7 Å². The molecule has 8 nitrogen and oxygen atoms in total. The lowest BCUT2D eigenvalue weighted by molar-refractivity contribution is -0.141. The van der Waals surface area contributed by atoms with Gasteiger partial charge in [0.05, 0.1) is 17.9 Å². The van der Waals surface area contributed by atoms with Crippen LogP contribution in [0.4, 0.5) is 5.69 Å². The van der Waals surface area contributed by atoms with Gasteiger partial charge in [-0.25, -0.2) is 0 Å². The highest BCUT2D eigenvalue weighted by Gasteiger charge is 2.72. The van der Waals surface area contributed by atoms with E-state index in [2.05, 4.69) is 22.5 Å². The van der Waals surface area contributed by atoms with E-state index >= 15 is 0 Å². The molecule has 216 valence electrons. The summed E-state index contributed by atoms with van der Waals surface area (Å²) in [6.45, 7) is 7.86. The largest absolute Gasteiger partial charge is 0.359 e. The van der Waals surface area contributed by atoms with E-state index in [-0.39, 0.29) is 23.8 Å². The molecule has 2 bridgehead atoms. The van der Waals surface area contributed by atoms with Crippen molar-refractivity contribution in [3.8, 4) is 0 Å². The Labute approximate surface area is 237 Å². The van der Waals surface area contributed by atoms with Crippen LogP contribution < -0.4 is 10.6 Å². The maximum absolute atomic E-state index is 14.2. The summed E-state index contributed by atoms with van der Waals surface area (Å²) in [6, 6.07) is 7.02. The Morgan fingerprint density at radius 2 is 1.80 bits per heavy atom. The Hall–Kier alpha value is -2.71. The van der Waals surface area contributed by atoms with Gasteiger partial charge in [0.15, 0.2) is 0 Å². The highest BCUT2D eigenvalue weighted by atomic mass is 16.5. The maximum Gasteiger partial charge on any atom is 0.246 e. The average Bonchev–Trinajstić information content (AvgIpc) is 3.58. The fourth-order valence-electron chi connectivity index (χ4n) is 7.85. The van der Waals surface area contributed by atoms with Crippen molar-refractivity contribution in [1.82, 2.24) is 15.1 Å². The Kier molecular flexibility index (Phi) is 7.75. The number of carbonyl (C=O) groups excluding carboxylic acids is 3. The van der Waals surface area contributed by atoms with E-state index in [0.717, 1.165) is 57.3 Å². The van der Waals surface area contributed by atoms with Gasteiger partial charge in [-0.3, -0.25) is 14.4 Å². The SMILES string of the molecule is Cc1ccc(NC(=O)[C@@H]2[C@@H]3C=C[C@]4(O3)[C@@H]2C(=O)N(CCCN2CCC[C@H](C)C2)[C@H]4C(=O)NC2CCCCC2)cc1. The van der Waals surface area contributed by atoms with E-state index in [9.17, 15) is 14.4 Å². The minimum absolute atomic E-state index is 0.131. The van der Waals surface area contributed by atoms with Gasteiger partial charge >= 0.3 is 0 Å². The molecule has 1 spiro atoms.